The molecule has 0 radical (unpaired) electrons. The van der Waals surface area contributed by atoms with Gasteiger partial charge in [0.05, 0.1) is 24.7 Å². The van der Waals surface area contributed by atoms with Gasteiger partial charge in [-0.1, -0.05) is 17.8 Å². The molecule has 4 aromatic rings. The normalized spacial score (nSPS) is 10.7. The Hall–Kier alpha value is -3.72. The molecule has 32 heavy (non-hydrogen) atoms. The van der Waals surface area contributed by atoms with Crippen LogP contribution in [0.25, 0.3) is 0 Å². The number of hydrogen-bond acceptors (Lipinski definition) is 7. The molecule has 0 saturated carbocycles. The molecule has 0 spiro atoms. The van der Waals surface area contributed by atoms with Crippen molar-refractivity contribution >= 4 is 23.4 Å². The first-order valence-electron chi connectivity index (χ1n) is 9.80. The minimum atomic E-state index is -0.353. The van der Waals surface area contributed by atoms with Crippen LogP contribution in [-0.2, 0) is 12.8 Å². The third-order valence-electron chi connectivity index (χ3n) is 4.53. The van der Waals surface area contributed by atoms with E-state index >= 15 is 0 Å². The number of anilines is 1. The lowest BCUT2D eigenvalue weighted by molar-refractivity contribution is 0.0995. The summed E-state index contributed by atoms with van der Waals surface area (Å²) in [6.07, 6.45) is 5.14. The van der Waals surface area contributed by atoms with Crippen molar-refractivity contribution in [1.82, 2.24) is 14.5 Å². The summed E-state index contributed by atoms with van der Waals surface area (Å²) >= 11 is 1.53. The zero-order valence-electron chi connectivity index (χ0n) is 17.9. The number of carbonyl (C=O) groups is 1. The summed E-state index contributed by atoms with van der Waals surface area (Å²) in [5, 5.41) is 3.65. The average Bonchev–Trinajstić information content (AvgIpc) is 3.43. The summed E-state index contributed by atoms with van der Waals surface area (Å²) in [6.45, 7) is 1.98. The van der Waals surface area contributed by atoms with Crippen LogP contribution in [0, 0.1) is 6.92 Å². The highest BCUT2D eigenvalue weighted by Gasteiger charge is 2.13. The first-order chi connectivity index (χ1) is 15.5. The lowest BCUT2D eigenvalue weighted by Crippen LogP contribution is -2.11. The molecule has 3 aromatic heterocycles. The number of carbonyl (C=O) groups excluding carboxylic acids is 1. The summed E-state index contributed by atoms with van der Waals surface area (Å²) in [5.74, 6) is 2.72. The van der Waals surface area contributed by atoms with E-state index < -0.39 is 0 Å². The Morgan fingerprint density at radius 3 is 2.75 bits per heavy atom. The van der Waals surface area contributed by atoms with Crippen LogP contribution in [0.3, 0.4) is 0 Å². The van der Waals surface area contributed by atoms with Gasteiger partial charge in [-0.2, -0.15) is 0 Å². The Balaban J connectivity index is 1.35. The molecular formula is C23H22N4O4S. The van der Waals surface area contributed by atoms with E-state index in [9.17, 15) is 4.79 Å². The molecule has 0 fully saturated rings. The number of benzene rings is 1. The highest BCUT2D eigenvalue weighted by molar-refractivity contribution is 7.98. The number of pyridine rings is 1. The van der Waals surface area contributed by atoms with Crippen LogP contribution in [0.2, 0.25) is 0 Å². The number of amides is 1. The summed E-state index contributed by atoms with van der Waals surface area (Å²) in [6, 6.07) is 12.5. The number of aryl methyl sites for hydroxylation is 2. The van der Waals surface area contributed by atoms with Crippen molar-refractivity contribution in [3.05, 3.63) is 78.1 Å². The Morgan fingerprint density at radius 2 is 2.03 bits per heavy atom. The van der Waals surface area contributed by atoms with Crippen LogP contribution < -0.4 is 14.8 Å². The standard InChI is InChI=1S/C23H22N4O4S/c1-15-4-7-18(20(12-15)29-3)31-21-9-5-16(13-25-21)26-22(28)19-8-6-17(30-19)14-32-23-24-10-11-27(23)2/h4-13H,14H2,1-3H3,(H,26,28). The van der Waals surface area contributed by atoms with E-state index in [4.69, 9.17) is 13.9 Å². The summed E-state index contributed by atoms with van der Waals surface area (Å²) in [4.78, 5) is 21.0. The van der Waals surface area contributed by atoms with Gasteiger partial charge >= 0.3 is 0 Å². The molecular weight excluding hydrogens is 428 g/mol. The highest BCUT2D eigenvalue weighted by Crippen LogP contribution is 2.31. The Labute approximate surface area is 189 Å². The number of nitrogens with one attached hydrogen (secondary N) is 1. The van der Waals surface area contributed by atoms with Crippen LogP contribution >= 0.6 is 11.8 Å². The lowest BCUT2D eigenvalue weighted by atomic mass is 10.2. The van der Waals surface area contributed by atoms with Gasteiger partial charge in [-0.05, 0) is 42.8 Å². The maximum atomic E-state index is 12.5. The smallest absolute Gasteiger partial charge is 0.291 e. The summed E-state index contributed by atoms with van der Waals surface area (Å²) < 4.78 is 18.7. The van der Waals surface area contributed by atoms with Crippen molar-refractivity contribution in [3.63, 3.8) is 0 Å². The number of aromatic nitrogens is 3. The van der Waals surface area contributed by atoms with Crippen molar-refractivity contribution in [2.45, 2.75) is 17.8 Å². The molecule has 1 amide bonds. The van der Waals surface area contributed by atoms with Crippen LogP contribution in [-0.4, -0.2) is 27.6 Å². The van der Waals surface area contributed by atoms with Crippen LogP contribution in [0.5, 0.6) is 17.4 Å². The van der Waals surface area contributed by atoms with E-state index in [1.165, 1.54) is 18.0 Å². The molecule has 1 aromatic carbocycles. The van der Waals surface area contributed by atoms with E-state index in [1.54, 1.807) is 37.6 Å². The minimum Gasteiger partial charge on any atom is -0.493 e. The van der Waals surface area contributed by atoms with Crippen molar-refractivity contribution in [2.24, 2.45) is 7.05 Å². The molecule has 0 saturated heterocycles. The van der Waals surface area contributed by atoms with E-state index in [-0.39, 0.29) is 11.7 Å². The first kappa shape index (κ1) is 21.5. The molecule has 0 atom stereocenters. The SMILES string of the molecule is COc1cc(C)ccc1Oc1ccc(NC(=O)c2ccc(CSc3nccn3C)o2)cn1. The largest absolute Gasteiger partial charge is 0.493 e. The van der Waals surface area contributed by atoms with Crippen molar-refractivity contribution in [3.8, 4) is 17.4 Å². The maximum absolute atomic E-state index is 12.5. The fraction of sp³-hybridized carbons (Fsp3) is 0.174. The van der Waals surface area contributed by atoms with Gasteiger partial charge in [0.15, 0.2) is 22.4 Å². The second-order valence-electron chi connectivity index (χ2n) is 6.97. The first-order valence-corrected chi connectivity index (χ1v) is 10.8. The summed E-state index contributed by atoms with van der Waals surface area (Å²) in [5.41, 5.74) is 1.59. The van der Waals surface area contributed by atoms with Gasteiger partial charge in [-0.15, -0.1) is 0 Å². The second-order valence-corrected chi connectivity index (χ2v) is 7.91. The molecule has 8 nitrogen and oxygen atoms in total. The Bertz CT molecular complexity index is 1220. The predicted octanol–water partition coefficient (Wildman–Crippen LogP) is 5.06. The zero-order valence-corrected chi connectivity index (χ0v) is 18.7. The van der Waals surface area contributed by atoms with Crippen molar-refractivity contribution < 1.29 is 18.7 Å². The molecule has 0 bridgehead atoms. The molecule has 0 aliphatic heterocycles. The summed E-state index contributed by atoms with van der Waals surface area (Å²) in [7, 11) is 3.52. The molecule has 0 unspecified atom stereocenters. The molecule has 4 rings (SSSR count). The molecule has 0 aliphatic rings. The Morgan fingerprint density at radius 1 is 1.16 bits per heavy atom. The number of thioether (sulfide) groups is 1. The molecule has 1 N–H and O–H groups in total. The van der Waals surface area contributed by atoms with Crippen LogP contribution in [0.15, 0.2) is 70.6 Å². The number of furan rings is 1. The zero-order chi connectivity index (χ0) is 22.5. The topological polar surface area (TPSA) is 91.4 Å². The lowest BCUT2D eigenvalue weighted by Gasteiger charge is -2.10. The van der Waals surface area contributed by atoms with Crippen LogP contribution in [0.4, 0.5) is 5.69 Å². The second kappa shape index (κ2) is 9.61. The number of methoxy groups -OCH3 is 1. The molecule has 3 heterocycles. The van der Waals surface area contributed by atoms with Gasteiger partial charge < -0.3 is 23.8 Å². The van der Waals surface area contributed by atoms with Crippen LogP contribution in [0.1, 0.15) is 21.9 Å². The monoisotopic (exact) mass is 450 g/mol. The van der Waals surface area contributed by atoms with E-state index in [0.29, 0.717) is 34.6 Å². The number of nitrogens with zero attached hydrogens (tertiary/aromatic N) is 3. The number of ether oxygens (including phenoxy) is 2. The van der Waals surface area contributed by atoms with Gasteiger partial charge in [0, 0.05) is 25.5 Å². The fourth-order valence-corrected chi connectivity index (χ4v) is 3.71. The van der Waals surface area contributed by atoms with E-state index in [0.717, 1.165) is 10.7 Å². The average molecular weight is 451 g/mol. The van der Waals surface area contributed by atoms with Gasteiger partial charge in [0.1, 0.15) is 5.76 Å². The quantitative estimate of drug-likeness (QED) is 0.375. The van der Waals surface area contributed by atoms with Gasteiger partial charge in [0.2, 0.25) is 5.88 Å². The molecule has 164 valence electrons. The van der Waals surface area contributed by atoms with Gasteiger partial charge in [-0.3, -0.25) is 4.79 Å². The minimum absolute atomic E-state index is 0.227. The number of hydrogen-bond donors (Lipinski definition) is 1. The highest BCUT2D eigenvalue weighted by atomic mass is 32.2. The van der Waals surface area contributed by atoms with E-state index in [2.05, 4.69) is 15.3 Å². The third-order valence-corrected chi connectivity index (χ3v) is 5.61. The molecule has 0 aliphatic carbocycles. The number of rotatable bonds is 8. The maximum Gasteiger partial charge on any atom is 0.291 e. The third kappa shape index (κ3) is 5.12. The predicted molar refractivity (Wildman–Crippen MR) is 121 cm³/mol. The van der Waals surface area contributed by atoms with Crippen molar-refractivity contribution in [1.29, 1.82) is 0 Å². The number of imidazole rings is 1. The van der Waals surface area contributed by atoms with Gasteiger partial charge in [0.25, 0.3) is 5.91 Å². The Kier molecular flexibility index (Phi) is 6.46. The molecule has 9 heteroatoms. The van der Waals surface area contributed by atoms with E-state index in [1.807, 2.05) is 42.9 Å². The fourth-order valence-electron chi connectivity index (χ4n) is 2.88. The van der Waals surface area contributed by atoms with Crippen molar-refractivity contribution in [2.75, 3.05) is 12.4 Å². The van der Waals surface area contributed by atoms with Gasteiger partial charge in [-0.25, -0.2) is 9.97 Å².